The third-order valence-electron chi connectivity index (χ3n) is 3.63. The molecule has 0 aliphatic carbocycles. The van der Waals surface area contributed by atoms with Crippen molar-refractivity contribution in [2.75, 3.05) is 38.2 Å². The summed E-state index contributed by atoms with van der Waals surface area (Å²) in [5.41, 5.74) is 0.533. The molecule has 1 N–H and O–H groups in total. The van der Waals surface area contributed by atoms with E-state index in [9.17, 15) is 9.90 Å². The predicted octanol–water partition coefficient (Wildman–Crippen LogP) is 1.12. The van der Waals surface area contributed by atoms with E-state index in [-0.39, 0.29) is 24.2 Å². The molecule has 1 amide bonds. The minimum absolute atomic E-state index is 0.0252. The maximum Gasteiger partial charge on any atom is 0.240 e. The van der Waals surface area contributed by atoms with Crippen LogP contribution in [0.1, 0.15) is 13.8 Å². The van der Waals surface area contributed by atoms with Gasteiger partial charge in [-0.05, 0) is 26.0 Å². The van der Waals surface area contributed by atoms with E-state index >= 15 is 0 Å². The summed E-state index contributed by atoms with van der Waals surface area (Å²) in [6.45, 7) is 5.52. The van der Waals surface area contributed by atoms with Gasteiger partial charge in [-0.15, -0.1) is 0 Å². The van der Waals surface area contributed by atoms with Crippen molar-refractivity contribution in [2.45, 2.75) is 25.6 Å². The zero-order valence-electron chi connectivity index (χ0n) is 13.0. The van der Waals surface area contributed by atoms with Gasteiger partial charge in [0.25, 0.3) is 0 Å². The Hall–Kier alpha value is -1.43. The molecule has 0 radical (unpaired) electrons. The topological polar surface area (TPSA) is 53.0 Å². The molecule has 1 atom stereocenters. The van der Waals surface area contributed by atoms with Crippen LogP contribution in [0.5, 0.6) is 0 Å². The summed E-state index contributed by atoms with van der Waals surface area (Å²) in [7, 11) is 1.78. The van der Waals surface area contributed by atoms with Crippen LogP contribution in [0.25, 0.3) is 0 Å². The van der Waals surface area contributed by atoms with Gasteiger partial charge in [-0.3, -0.25) is 9.69 Å². The van der Waals surface area contributed by atoms with Gasteiger partial charge >= 0.3 is 0 Å². The molecule has 1 aromatic rings. The number of rotatable bonds is 4. The van der Waals surface area contributed by atoms with Crippen molar-refractivity contribution >= 4 is 11.6 Å². The zero-order valence-corrected chi connectivity index (χ0v) is 13.0. The lowest BCUT2D eigenvalue weighted by Gasteiger charge is -2.42. The fourth-order valence-electron chi connectivity index (χ4n) is 2.73. The zero-order chi connectivity index (χ0) is 15.5. The summed E-state index contributed by atoms with van der Waals surface area (Å²) in [5.74, 6) is 0.0376. The van der Waals surface area contributed by atoms with Gasteiger partial charge in [0.1, 0.15) is 0 Å². The molecule has 1 aliphatic heterocycles. The van der Waals surface area contributed by atoms with Gasteiger partial charge in [0.05, 0.1) is 24.9 Å². The number of morpholine rings is 1. The molecular weight excluding hydrogens is 268 g/mol. The quantitative estimate of drug-likeness (QED) is 0.903. The lowest BCUT2D eigenvalue weighted by Crippen LogP contribution is -2.55. The van der Waals surface area contributed by atoms with Crippen LogP contribution in [0.4, 0.5) is 5.69 Å². The first-order valence-electron chi connectivity index (χ1n) is 7.24. The number of nitrogens with zero attached hydrogens (tertiary/aromatic N) is 2. The highest BCUT2D eigenvalue weighted by atomic mass is 16.5. The maximum absolute atomic E-state index is 12.4. The Kier molecular flexibility index (Phi) is 4.98. The van der Waals surface area contributed by atoms with Crippen LogP contribution in [-0.4, -0.2) is 60.9 Å². The SMILES string of the molecule is CN(C(=O)CN1CC(CO)OC(C)(C)C1)c1ccccc1. The minimum Gasteiger partial charge on any atom is -0.394 e. The Morgan fingerprint density at radius 1 is 1.43 bits per heavy atom. The Morgan fingerprint density at radius 3 is 2.71 bits per heavy atom. The number of likely N-dealkylation sites (N-methyl/N-ethyl adjacent to an activating group) is 1. The van der Waals surface area contributed by atoms with Crippen molar-refractivity contribution in [3.05, 3.63) is 30.3 Å². The number of aliphatic hydroxyl groups excluding tert-OH is 1. The largest absolute Gasteiger partial charge is 0.394 e. The third-order valence-corrected chi connectivity index (χ3v) is 3.63. The second kappa shape index (κ2) is 6.56. The molecule has 2 rings (SSSR count). The van der Waals surface area contributed by atoms with Crippen molar-refractivity contribution in [3.8, 4) is 0 Å². The second-order valence-electron chi connectivity index (χ2n) is 6.14. The maximum atomic E-state index is 12.4. The van der Waals surface area contributed by atoms with Crippen molar-refractivity contribution < 1.29 is 14.6 Å². The highest BCUT2D eigenvalue weighted by molar-refractivity contribution is 5.94. The van der Waals surface area contributed by atoms with E-state index in [4.69, 9.17) is 4.74 Å². The van der Waals surface area contributed by atoms with Crippen LogP contribution in [0.3, 0.4) is 0 Å². The Bertz CT molecular complexity index is 476. The van der Waals surface area contributed by atoms with Crippen molar-refractivity contribution in [3.63, 3.8) is 0 Å². The molecule has 1 aliphatic rings. The summed E-state index contributed by atoms with van der Waals surface area (Å²) in [6.07, 6.45) is -0.233. The van der Waals surface area contributed by atoms with Gasteiger partial charge < -0.3 is 14.7 Å². The van der Waals surface area contributed by atoms with Gasteiger partial charge in [-0.25, -0.2) is 0 Å². The first-order chi connectivity index (χ1) is 9.91. The van der Waals surface area contributed by atoms with Crippen LogP contribution in [0.15, 0.2) is 30.3 Å². The lowest BCUT2D eigenvalue weighted by molar-refractivity contribution is -0.152. The molecule has 1 fully saturated rings. The smallest absolute Gasteiger partial charge is 0.240 e. The molecule has 1 saturated heterocycles. The lowest BCUT2D eigenvalue weighted by atomic mass is 10.1. The monoisotopic (exact) mass is 292 g/mol. The molecule has 0 bridgehead atoms. The summed E-state index contributed by atoms with van der Waals surface area (Å²) < 4.78 is 5.76. The van der Waals surface area contributed by atoms with Crippen molar-refractivity contribution in [2.24, 2.45) is 0 Å². The number of para-hydroxylation sites is 1. The molecule has 1 heterocycles. The van der Waals surface area contributed by atoms with Crippen LogP contribution < -0.4 is 4.90 Å². The highest BCUT2D eigenvalue weighted by Crippen LogP contribution is 2.21. The van der Waals surface area contributed by atoms with E-state index in [0.717, 1.165) is 5.69 Å². The number of carbonyl (C=O) groups is 1. The Labute approximate surface area is 126 Å². The summed E-state index contributed by atoms with van der Waals surface area (Å²) in [4.78, 5) is 16.1. The van der Waals surface area contributed by atoms with Gasteiger partial charge in [0.15, 0.2) is 0 Å². The summed E-state index contributed by atoms with van der Waals surface area (Å²) >= 11 is 0. The summed E-state index contributed by atoms with van der Waals surface area (Å²) in [6, 6.07) is 9.59. The van der Waals surface area contributed by atoms with Gasteiger partial charge in [-0.2, -0.15) is 0 Å². The average Bonchev–Trinajstić information content (AvgIpc) is 2.45. The molecule has 0 aromatic heterocycles. The standard InChI is InChI=1S/C16H24N2O3/c1-16(2)12-18(9-14(11-19)21-16)10-15(20)17(3)13-7-5-4-6-8-13/h4-8,14,19H,9-12H2,1-3H3. The fourth-order valence-corrected chi connectivity index (χ4v) is 2.73. The molecule has 0 saturated carbocycles. The highest BCUT2D eigenvalue weighted by Gasteiger charge is 2.34. The number of anilines is 1. The van der Waals surface area contributed by atoms with Crippen LogP contribution >= 0.6 is 0 Å². The minimum atomic E-state index is -0.350. The molecular formula is C16H24N2O3. The van der Waals surface area contributed by atoms with Crippen LogP contribution in [-0.2, 0) is 9.53 Å². The average molecular weight is 292 g/mol. The molecule has 116 valence electrons. The van der Waals surface area contributed by atoms with Crippen LogP contribution in [0.2, 0.25) is 0 Å². The molecule has 5 nitrogen and oxygen atoms in total. The Morgan fingerprint density at radius 2 is 2.10 bits per heavy atom. The number of ether oxygens (including phenoxy) is 1. The van der Waals surface area contributed by atoms with Gasteiger partial charge in [-0.1, -0.05) is 18.2 Å². The molecule has 5 heteroatoms. The number of hydrogen-bond donors (Lipinski definition) is 1. The molecule has 1 aromatic carbocycles. The molecule has 0 spiro atoms. The fraction of sp³-hybridized carbons (Fsp3) is 0.562. The van der Waals surface area contributed by atoms with Crippen molar-refractivity contribution in [1.29, 1.82) is 0 Å². The van der Waals surface area contributed by atoms with E-state index in [1.165, 1.54) is 0 Å². The first-order valence-corrected chi connectivity index (χ1v) is 7.24. The normalized spacial score (nSPS) is 22.0. The van der Waals surface area contributed by atoms with Gasteiger partial charge in [0, 0.05) is 25.8 Å². The number of amides is 1. The summed E-state index contributed by atoms with van der Waals surface area (Å²) in [5, 5.41) is 9.32. The third kappa shape index (κ3) is 4.27. The predicted molar refractivity (Wildman–Crippen MR) is 82.3 cm³/mol. The van der Waals surface area contributed by atoms with E-state index < -0.39 is 0 Å². The van der Waals surface area contributed by atoms with E-state index in [1.807, 2.05) is 49.1 Å². The molecule has 21 heavy (non-hydrogen) atoms. The second-order valence-corrected chi connectivity index (χ2v) is 6.14. The number of benzene rings is 1. The van der Waals surface area contributed by atoms with Crippen LogP contribution in [0, 0.1) is 0 Å². The number of hydrogen-bond acceptors (Lipinski definition) is 4. The molecule has 1 unspecified atom stereocenters. The van der Waals surface area contributed by atoms with Crippen molar-refractivity contribution in [1.82, 2.24) is 4.90 Å². The van der Waals surface area contributed by atoms with E-state index in [1.54, 1.807) is 11.9 Å². The number of carbonyl (C=O) groups excluding carboxylic acids is 1. The van der Waals surface area contributed by atoms with E-state index in [2.05, 4.69) is 0 Å². The first kappa shape index (κ1) is 15.9. The van der Waals surface area contributed by atoms with E-state index in [0.29, 0.717) is 19.6 Å². The van der Waals surface area contributed by atoms with Gasteiger partial charge in [0.2, 0.25) is 5.91 Å². The number of aliphatic hydroxyl groups is 1. The Balaban J connectivity index is 1.98.